The van der Waals surface area contributed by atoms with Gasteiger partial charge in [-0.3, -0.25) is 4.79 Å². The van der Waals surface area contributed by atoms with Crippen LogP contribution < -0.4 is 0 Å². The summed E-state index contributed by atoms with van der Waals surface area (Å²) >= 11 is 0. The minimum atomic E-state index is 0.119. The van der Waals surface area contributed by atoms with Crippen LogP contribution in [-0.4, -0.2) is 5.78 Å². The molecule has 0 atom stereocenters. The van der Waals surface area contributed by atoms with Crippen LogP contribution in [0.5, 0.6) is 0 Å². The number of rotatable bonds is 2. The van der Waals surface area contributed by atoms with Crippen molar-refractivity contribution in [1.29, 1.82) is 0 Å². The summed E-state index contributed by atoms with van der Waals surface area (Å²) in [5.74, 6) is 0.505. The van der Waals surface area contributed by atoms with Crippen molar-refractivity contribution in [2.75, 3.05) is 0 Å². The first kappa shape index (κ1) is 8.95. The molecule has 0 unspecified atom stereocenters. The van der Waals surface area contributed by atoms with E-state index in [-0.39, 0.29) is 5.78 Å². The Morgan fingerprint density at radius 1 is 1.07 bits per heavy atom. The van der Waals surface area contributed by atoms with Crippen molar-refractivity contribution in [3.63, 3.8) is 0 Å². The van der Waals surface area contributed by atoms with Crippen LogP contribution in [0.3, 0.4) is 0 Å². The Hall–Kier alpha value is -1.63. The lowest BCUT2D eigenvalue weighted by Gasteiger charge is -2.05. The second kappa shape index (κ2) is 3.62. The lowest BCUT2D eigenvalue weighted by molar-refractivity contribution is 0.101. The van der Waals surface area contributed by atoms with Crippen LogP contribution >= 0.6 is 0 Å². The fourth-order valence-electron chi connectivity index (χ4n) is 1.59. The van der Waals surface area contributed by atoms with Gasteiger partial charge in [-0.1, -0.05) is 48.6 Å². The molecule has 1 aliphatic rings. The van der Waals surface area contributed by atoms with Crippen LogP contribution in [0, 0.1) is 0 Å². The third kappa shape index (κ3) is 1.67. The van der Waals surface area contributed by atoms with Gasteiger partial charge in [-0.15, -0.1) is 0 Å². The van der Waals surface area contributed by atoms with E-state index in [2.05, 4.69) is 12.2 Å². The quantitative estimate of drug-likeness (QED) is 0.645. The van der Waals surface area contributed by atoms with Crippen molar-refractivity contribution in [1.82, 2.24) is 0 Å². The lowest BCUT2D eigenvalue weighted by Crippen LogP contribution is -1.94. The highest BCUT2D eigenvalue weighted by atomic mass is 16.1. The molecule has 1 heteroatoms. The highest BCUT2D eigenvalue weighted by molar-refractivity contribution is 5.94. The molecule has 70 valence electrons. The lowest BCUT2D eigenvalue weighted by atomic mass is 9.99. The van der Waals surface area contributed by atoms with E-state index in [4.69, 9.17) is 0 Å². The molecule has 2 rings (SSSR count). The van der Waals surface area contributed by atoms with Crippen LogP contribution in [0.15, 0.2) is 48.6 Å². The summed E-state index contributed by atoms with van der Waals surface area (Å²) in [4.78, 5) is 11.0. The number of carbonyl (C=O) groups is 1. The van der Waals surface area contributed by atoms with Gasteiger partial charge in [0.05, 0.1) is 0 Å². The summed E-state index contributed by atoms with van der Waals surface area (Å²) in [5.41, 5.74) is 2.01. The highest BCUT2D eigenvalue weighted by Crippen LogP contribution is 2.22. The molecule has 0 amide bonds. The Kier molecular flexibility index (Phi) is 2.32. The van der Waals surface area contributed by atoms with E-state index in [1.807, 2.05) is 36.4 Å². The van der Waals surface area contributed by atoms with Gasteiger partial charge in [-0.2, -0.15) is 0 Å². The summed E-state index contributed by atoms with van der Waals surface area (Å²) in [6.45, 7) is 1.59. The largest absolute Gasteiger partial charge is 0.295 e. The molecule has 0 saturated heterocycles. The zero-order chi connectivity index (χ0) is 9.97. The predicted octanol–water partition coefficient (Wildman–Crippen LogP) is 3.10. The molecule has 0 heterocycles. The van der Waals surface area contributed by atoms with E-state index in [9.17, 15) is 4.79 Å². The number of hydrogen-bond donors (Lipinski definition) is 0. The monoisotopic (exact) mass is 184 g/mol. The molecule has 1 aromatic carbocycles. The van der Waals surface area contributed by atoms with Gasteiger partial charge in [0.1, 0.15) is 0 Å². The van der Waals surface area contributed by atoms with Crippen molar-refractivity contribution in [2.45, 2.75) is 12.8 Å². The Bertz CT molecular complexity index is 384. The van der Waals surface area contributed by atoms with Crippen LogP contribution in [-0.2, 0) is 0 Å². The molecule has 1 aliphatic carbocycles. The number of ketones is 1. The average molecular weight is 184 g/mol. The number of carbonyl (C=O) groups excluding carboxylic acids is 1. The van der Waals surface area contributed by atoms with Gasteiger partial charge < -0.3 is 0 Å². The average Bonchev–Trinajstić information content (AvgIpc) is 2.71. The van der Waals surface area contributed by atoms with Crippen LogP contribution in [0.25, 0.3) is 0 Å². The molecular formula is C13H12O. The van der Waals surface area contributed by atoms with Gasteiger partial charge in [0.2, 0.25) is 0 Å². The van der Waals surface area contributed by atoms with Crippen LogP contribution in [0.1, 0.15) is 28.8 Å². The first-order valence-corrected chi connectivity index (χ1v) is 4.73. The molecule has 0 fully saturated rings. The summed E-state index contributed by atoms with van der Waals surface area (Å²) in [6, 6.07) is 7.80. The maximum Gasteiger partial charge on any atom is 0.159 e. The molecule has 0 aliphatic heterocycles. The fraction of sp³-hybridized carbons (Fsp3) is 0.154. The van der Waals surface area contributed by atoms with Gasteiger partial charge in [-0.25, -0.2) is 0 Å². The van der Waals surface area contributed by atoms with E-state index < -0.39 is 0 Å². The summed E-state index contributed by atoms with van der Waals surface area (Å²) in [5, 5.41) is 0. The summed E-state index contributed by atoms with van der Waals surface area (Å²) in [7, 11) is 0. The molecule has 0 N–H and O–H groups in total. The first-order valence-electron chi connectivity index (χ1n) is 4.73. The third-order valence-corrected chi connectivity index (χ3v) is 2.45. The van der Waals surface area contributed by atoms with E-state index in [0.29, 0.717) is 5.92 Å². The van der Waals surface area contributed by atoms with E-state index in [1.54, 1.807) is 6.92 Å². The minimum absolute atomic E-state index is 0.119. The molecule has 0 aromatic heterocycles. The third-order valence-electron chi connectivity index (χ3n) is 2.45. The van der Waals surface area contributed by atoms with E-state index in [1.165, 1.54) is 5.56 Å². The van der Waals surface area contributed by atoms with Crippen LogP contribution in [0.2, 0.25) is 0 Å². The number of benzene rings is 1. The SMILES string of the molecule is CC(=O)c1ccc(C2C=CC=C2)cc1. The van der Waals surface area contributed by atoms with Gasteiger partial charge in [0, 0.05) is 11.5 Å². The second-order valence-electron chi connectivity index (χ2n) is 3.47. The number of hydrogen-bond acceptors (Lipinski definition) is 1. The van der Waals surface area contributed by atoms with Crippen molar-refractivity contribution >= 4 is 5.78 Å². The molecule has 14 heavy (non-hydrogen) atoms. The van der Waals surface area contributed by atoms with Crippen molar-refractivity contribution in [2.24, 2.45) is 0 Å². The summed E-state index contributed by atoms with van der Waals surface area (Å²) < 4.78 is 0. The van der Waals surface area contributed by atoms with Crippen LogP contribution in [0.4, 0.5) is 0 Å². The number of allylic oxidation sites excluding steroid dienone is 4. The van der Waals surface area contributed by atoms with E-state index in [0.717, 1.165) is 5.56 Å². The van der Waals surface area contributed by atoms with Crippen molar-refractivity contribution in [3.8, 4) is 0 Å². The minimum Gasteiger partial charge on any atom is -0.295 e. The Morgan fingerprint density at radius 2 is 1.64 bits per heavy atom. The second-order valence-corrected chi connectivity index (χ2v) is 3.47. The Morgan fingerprint density at radius 3 is 2.14 bits per heavy atom. The maximum atomic E-state index is 11.0. The molecule has 1 aromatic rings. The van der Waals surface area contributed by atoms with Gasteiger partial charge in [-0.05, 0) is 12.5 Å². The molecule has 0 radical (unpaired) electrons. The highest BCUT2D eigenvalue weighted by Gasteiger charge is 2.07. The zero-order valence-corrected chi connectivity index (χ0v) is 8.10. The Labute approximate surface area is 83.8 Å². The van der Waals surface area contributed by atoms with Gasteiger partial charge in [0.15, 0.2) is 5.78 Å². The van der Waals surface area contributed by atoms with Crippen molar-refractivity contribution < 1.29 is 4.79 Å². The molecule has 0 bridgehead atoms. The maximum absolute atomic E-state index is 11.0. The molecule has 1 nitrogen and oxygen atoms in total. The molecule has 0 spiro atoms. The zero-order valence-electron chi connectivity index (χ0n) is 8.10. The summed E-state index contributed by atoms with van der Waals surface area (Å²) in [6.07, 6.45) is 8.37. The van der Waals surface area contributed by atoms with Gasteiger partial charge in [0.25, 0.3) is 0 Å². The topological polar surface area (TPSA) is 17.1 Å². The smallest absolute Gasteiger partial charge is 0.159 e. The predicted molar refractivity (Wildman–Crippen MR) is 57.5 cm³/mol. The number of Topliss-reactive ketones (excluding diaryl/α,β-unsaturated/α-hetero) is 1. The van der Waals surface area contributed by atoms with Gasteiger partial charge >= 0.3 is 0 Å². The van der Waals surface area contributed by atoms with Crippen molar-refractivity contribution in [3.05, 3.63) is 59.7 Å². The standard InChI is InChI=1S/C13H12O/c1-10(14)11-6-8-13(9-7-11)12-4-2-3-5-12/h2-9,12H,1H3. The fourth-order valence-corrected chi connectivity index (χ4v) is 1.59. The van der Waals surface area contributed by atoms with E-state index >= 15 is 0 Å². The molecular weight excluding hydrogens is 172 g/mol. The Balaban J connectivity index is 2.25. The molecule has 0 saturated carbocycles. The normalized spacial score (nSPS) is 14.9. The first-order chi connectivity index (χ1) is 6.77.